The first kappa shape index (κ1) is 15.5. The Balaban J connectivity index is 3.33. The first-order chi connectivity index (χ1) is 7.81. The van der Waals surface area contributed by atoms with Gasteiger partial charge in [-0.05, 0) is 44.4 Å². The zero-order chi connectivity index (χ0) is 12.1. The molecule has 0 nitrogen and oxygen atoms in total. The van der Waals surface area contributed by atoms with Crippen LogP contribution in [-0.4, -0.2) is 0 Å². The number of hydrogen-bond donors (Lipinski definition) is 0. The minimum absolute atomic E-state index is 0.873. The first-order valence-electron chi connectivity index (χ1n) is 7.11. The molecule has 0 aliphatic carbocycles. The summed E-state index contributed by atoms with van der Waals surface area (Å²) in [5, 5.41) is 0. The Morgan fingerprint density at radius 3 is 1.44 bits per heavy atom. The smallest absolute Gasteiger partial charge is 0.0348 e. The van der Waals surface area contributed by atoms with Crippen LogP contribution in [0.15, 0.2) is 24.3 Å². The van der Waals surface area contributed by atoms with Crippen molar-refractivity contribution in [2.24, 2.45) is 5.92 Å². The summed E-state index contributed by atoms with van der Waals surface area (Å²) in [4.78, 5) is 0. The summed E-state index contributed by atoms with van der Waals surface area (Å²) in [7, 11) is 0. The van der Waals surface area contributed by atoms with Crippen molar-refractivity contribution in [2.45, 2.75) is 72.1 Å². The van der Waals surface area contributed by atoms with Crippen LogP contribution in [0.2, 0.25) is 0 Å². The van der Waals surface area contributed by atoms with Crippen molar-refractivity contribution in [1.82, 2.24) is 0 Å². The molecule has 0 atom stereocenters. The van der Waals surface area contributed by atoms with E-state index in [0.717, 1.165) is 5.92 Å². The van der Waals surface area contributed by atoms with E-state index in [4.69, 9.17) is 0 Å². The zero-order valence-corrected chi connectivity index (χ0v) is 11.5. The van der Waals surface area contributed by atoms with E-state index in [1.807, 2.05) is 0 Å². The highest BCUT2D eigenvalue weighted by Crippen LogP contribution is 2.13. The molecular formula is C16H30. The quantitative estimate of drug-likeness (QED) is 0.404. The molecule has 0 aromatic rings. The molecule has 0 aromatic heterocycles. The van der Waals surface area contributed by atoms with E-state index < -0.39 is 0 Å². The van der Waals surface area contributed by atoms with Crippen LogP contribution in [0.5, 0.6) is 0 Å². The van der Waals surface area contributed by atoms with Crippen molar-refractivity contribution in [2.75, 3.05) is 0 Å². The van der Waals surface area contributed by atoms with Gasteiger partial charge in [0.2, 0.25) is 0 Å². The number of rotatable bonds is 10. The van der Waals surface area contributed by atoms with Crippen molar-refractivity contribution >= 4 is 0 Å². The molecule has 0 fully saturated rings. The molecule has 0 saturated carbocycles. The first-order valence-corrected chi connectivity index (χ1v) is 7.11. The van der Waals surface area contributed by atoms with Crippen LogP contribution in [0.25, 0.3) is 0 Å². The lowest BCUT2D eigenvalue weighted by Crippen LogP contribution is -1.92. The fourth-order valence-corrected chi connectivity index (χ4v) is 1.71. The Labute approximate surface area is 103 Å². The third-order valence-electron chi connectivity index (χ3n) is 2.90. The topological polar surface area (TPSA) is 0 Å². The highest BCUT2D eigenvalue weighted by Gasteiger charge is 1.98. The van der Waals surface area contributed by atoms with Gasteiger partial charge in [-0.15, -0.1) is 0 Å². The molecule has 0 saturated heterocycles. The Kier molecular flexibility index (Phi) is 12.1. The number of unbranched alkanes of at least 4 members (excludes halogenated alkanes) is 2. The van der Waals surface area contributed by atoms with Gasteiger partial charge in [0, 0.05) is 0 Å². The molecule has 0 unspecified atom stereocenters. The van der Waals surface area contributed by atoms with E-state index in [-0.39, 0.29) is 0 Å². The maximum atomic E-state index is 2.38. The van der Waals surface area contributed by atoms with Gasteiger partial charge in [0.05, 0.1) is 0 Å². The molecule has 16 heavy (non-hydrogen) atoms. The minimum atomic E-state index is 0.873. The summed E-state index contributed by atoms with van der Waals surface area (Å²) < 4.78 is 0. The van der Waals surface area contributed by atoms with Gasteiger partial charge in [-0.2, -0.15) is 0 Å². The van der Waals surface area contributed by atoms with Crippen LogP contribution in [0, 0.1) is 5.92 Å². The second-order valence-corrected chi connectivity index (χ2v) is 4.78. The fraction of sp³-hybridized carbons (Fsp3) is 0.750. The van der Waals surface area contributed by atoms with Gasteiger partial charge in [-0.25, -0.2) is 0 Å². The monoisotopic (exact) mass is 222 g/mol. The van der Waals surface area contributed by atoms with Crippen LogP contribution < -0.4 is 0 Å². The summed E-state index contributed by atoms with van der Waals surface area (Å²) in [5.74, 6) is 0.873. The Hall–Kier alpha value is -0.520. The van der Waals surface area contributed by atoms with Gasteiger partial charge in [0.15, 0.2) is 0 Å². The summed E-state index contributed by atoms with van der Waals surface area (Å²) in [6.45, 7) is 6.84. The van der Waals surface area contributed by atoms with Crippen LogP contribution >= 0.6 is 0 Å². The molecule has 0 heteroatoms. The molecule has 0 spiro atoms. The van der Waals surface area contributed by atoms with Crippen LogP contribution in [0.4, 0.5) is 0 Å². The number of allylic oxidation sites excluding steroid dienone is 4. The largest absolute Gasteiger partial charge is 0.0885 e. The minimum Gasteiger partial charge on any atom is -0.0885 e. The molecule has 0 radical (unpaired) electrons. The van der Waals surface area contributed by atoms with Crippen LogP contribution in [0.1, 0.15) is 72.1 Å². The lowest BCUT2D eigenvalue weighted by molar-refractivity contribution is 0.501. The van der Waals surface area contributed by atoms with Crippen molar-refractivity contribution in [3.63, 3.8) is 0 Å². The molecule has 0 N–H and O–H groups in total. The van der Waals surface area contributed by atoms with E-state index in [1.54, 1.807) is 0 Å². The summed E-state index contributed by atoms with van der Waals surface area (Å²) in [6, 6.07) is 0. The third-order valence-corrected chi connectivity index (χ3v) is 2.90. The lowest BCUT2D eigenvalue weighted by atomic mass is 9.99. The van der Waals surface area contributed by atoms with Crippen molar-refractivity contribution < 1.29 is 0 Å². The fourth-order valence-electron chi connectivity index (χ4n) is 1.71. The molecule has 0 heterocycles. The Morgan fingerprint density at radius 2 is 1.06 bits per heavy atom. The van der Waals surface area contributed by atoms with Gasteiger partial charge < -0.3 is 0 Å². The van der Waals surface area contributed by atoms with Crippen molar-refractivity contribution in [3.8, 4) is 0 Å². The maximum absolute atomic E-state index is 2.38. The molecule has 0 aliphatic rings. The van der Waals surface area contributed by atoms with E-state index in [0.29, 0.717) is 0 Å². The second-order valence-electron chi connectivity index (χ2n) is 4.78. The molecule has 94 valence electrons. The van der Waals surface area contributed by atoms with Gasteiger partial charge in [-0.1, -0.05) is 57.9 Å². The molecule has 0 bridgehead atoms. The van der Waals surface area contributed by atoms with E-state index in [2.05, 4.69) is 45.1 Å². The van der Waals surface area contributed by atoms with Crippen molar-refractivity contribution in [3.05, 3.63) is 24.3 Å². The molecule has 0 amide bonds. The summed E-state index contributed by atoms with van der Waals surface area (Å²) in [5.41, 5.74) is 0. The molecule has 0 aliphatic heterocycles. The predicted octanol–water partition coefficient (Wildman–Crippen LogP) is 5.90. The third kappa shape index (κ3) is 11.6. The van der Waals surface area contributed by atoms with E-state index in [1.165, 1.54) is 51.4 Å². The lowest BCUT2D eigenvalue weighted by Gasteiger charge is -2.07. The van der Waals surface area contributed by atoms with Crippen molar-refractivity contribution in [1.29, 1.82) is 0 Å². The highest BCUT2D eigenvalue weighted by molar-refractivity contribution is 4.83. The molecular weight excluding hydrogens is 192 g/mol. The summed E-state index contributed by atoms with van der Waals surface area (Å²) in [6.07, 6.45) is 19.6. The van der Waals surface area contributed by atoms with Gasteiger partial charge in [-0.3, -0.25) is 0 Å². The van der Waals surface area contributed by atoms with Crippen LogP contribution in [-0.2, 0) is 0 Å². The SMILES string of the molecule is CCC/C=C\CCC(C)CC/C=C\CCC. The van der Waals surface area contributed by atoms with Gasteiger partial charge in [0.1, 0.15) is 0 Å². The summed E-state index contributed by atoms with van der Waals surface area (Å²) >= 11 is 0. The van der Waals surface area contributed by atoms with Crippen LogP contribution in [0.3, 0.4) is 0 Å². The Bertz CT molecular complexity index is 156. The Morgan fingerprint density at radius 1 is 0.688 bits per heavy atom. The average molecular weight is 222 g/mol. The van der Waals surface area contributed by atoms with Gasteiger partial charge >= 0.3 is 0 Å². The average Bonchev–Trinajstić information content (AvgIpc) is 2.28. The highest BCUT2D eigenvalue weighted by atomic mass is 14.0. The standard InChI is InChI=1S/C16H30/c1-4-6-8-10-12-14-16(3)15-13-11-9-7-5-2/h8-11,16H,4-7,12-15H2,1-3H3/b10-8-,11-9-. The normalized spacial score (nSPS) is 12.2. The molecule has 0 rings (SSSR count). The van der Waals surface area contributed by atoms with E-state index >= 15 is 0 Å². The van der Waals surface area contributed by atoms with Gasteiger partial charge in [0.25, 0.3) is 0 Å². The maximum Gasteiger partial charge on any atom is -0.0348 e. The van der Waals surface area contributed by atoms with E-state index in [9.17, 15) is 0 Å². The second kappa shape index (κ2) is 12.5. The molecule has 0 aromatic carbocycles. The predicted molar refractivity (Wildman–Crippen MR) is 75.7 cm³/mol. The zero-order valence-electron chi connectivity index (χ0n) is 11.5. The number of hydrogen-bond acceptors (Lipinski definition) is 0.